The molecule has 2 aromatic carbocycles. The third-order valence-corrected chi connectivity index (χ3v) is 5.17. The number of para-hydroxylation sites is 1. The highest BCUT2D eigenvalue weighted by Crippen LogP contribution is 2.29. The number of hydrogen-bond donors (Lipinski definition) is 2. The van der Waals surface area contributed by atoms with E-state index in [1.807, 2.05) is 29.6 Å². The molecule has 2 aromatic heterocycles. The lowest BCUT2D eigenvalue weighted by molar-refractivity contribution is 0.0890. The van der Waals surface area contributed by atoms with Crippen LogP contribution in [-0.4, -0.2) is 17.6 Å². The van der Waals surface area contributed by atoms with Gasteiger partial charge >= 0.3 is 0 Å². The predicted octanol–water partition coefficient (Wildman–Crippen LogP) is 3.47. The van der Waals surface area contributed by atoms with Crippen LogP contribution >= 0.6 is 11.3 Å². The predicted molar refractivity (Wildman–Crippen MR) is 102 cm³/mol. The van der Waals surface area contributed by atoms with Crippen LogP contribution in [0.25, 0.3) is 21.1 Å². The number of aliphatic hydroxyl groups is 1. The van der Waals surface area contributed by atoms with Crippen LogP contribution in [0.2, 0.25) is 0 Å². The number of aliphatic hydroxyl groups excluding tert-OH is 1. The molecule has 0 bridgehead atoms. The maximum atomic E-state index is 12.3. The fourth-order valence-corrected chi connectivity index (χ4v) is 3.87. The first-order valence-electron chi connectivity index (χ1n) is 8.09. The molecule has 2 N–H and O–H groups in total. The molecule has 1 amide bonds. The minimum Gasteiger partial charge on any atom is -0.451 e. The topological polar surface area (TPSA) is 79.5 Å². The van der Waals surface area contributed by atoms with Gasteiger partial charge in [-0.25, -0.2) is 0 Å². The number of carbonyl (C=O) groups excluding carboxylic acids is 1. The minimum absolute atomic E-state index is 0.0239. The van der Waals surface area contributed by atoms with Crippen LogP contribution in [0.15, 0.2) is 69.2 Å². The molecule has 1 atom stereocenters. The molecule has 0 aliphatic heterocycles. The van der Waals surface area contributed by atoms with E-state index < -0.39 is 12.0 Å². The standard InChI is InChI=1S/C20H15NO4S/c22-15-9-18(25-17-7-3-1-6-13(15)17)20(24)21-10-16(23)14-11-26-19-8-4-2-5-12(14)19/h1-9,11,16,23H,10H2,(H,21,24). The maximum absolute atomic E-state index is 12.3. The first kappa shape index (κ1) is 16.5. The summed E-state index contributed by atoms with van der Waals surface area (Å²) in [5, 5.41) is 16.3. The van der Waals surface area contributed by atoms with Gasteiger partial charge < -0.3 is 14.8 Å². The van der Waals surface area contributed by atoms with Crippen molar-refractivity contribution in [2.24, 2.45) is 0 Å². The normalized spacial score (nSPS) is 12.3. The van der Waals surface area contributed by atoms with Crippen molar-refractivity contribution in [3.05, 3.63) is 81.5 Å². The van der Waals surface area contributed by atoms with Gasteiger partial charge in [0.05, 0.1) is 11.5 Å². The highest BCUT2D eigenvalue weighted by Gasteiger charge is 2.17. The average molecular weight is 365 g/mol. The third kappa shape index (κ3) is 3.00. The van der Waals surface area contributed by atoms with Crippen LogP contribution in [0, 0.1) is 0 Å². The summed E-state index contributed by atoms with van der Waals surface area (Å²) in [6.45, 7) is 0.0239. The Balaban J connectivity index is 1.53. The van der Waals surface area contributed by atoms with Gasteiger partial charge in [0.15, 0.2) is 11.2 Å². The Morgan fingerprint density at radius 3 is 2.69 bits per heavy atom. The lowest BCUT2D eigenvalue weighted by Crippen LogP contribution is -2.29. The smallest absolute Gasteiger partial charge is 0.287 e. The molecule has 4 rings (SSSR count). The Morgan fingerprint density at radius 1 is 1.12 bits per heavy atom. The van der Waals surface area contributed by atoms with Gasteiger partial charge in [0.1, 0.15) is 5.58 Å². The second kappa shape index (κ2) is 6.74. The van der Waals surface area contributed by atoms with E-state index in [4.69, 9.17) is 4.42 Å². The summed E-state index contributed by atoms with van der Waals surface area (Å²) in [7, 11) is 0. The summed E-state index contributed by atoms with van der Waals surface area (Å²) >= 11 is 1.54. The van der Waals surface area contributed by atoms with Crippen LogP contribution < -0.4 is 10.7 Å². The molecular weight excluding hydrogens is 350 g/mol. The molecule has 0 fully saturated rings. The Bertz CT molecular complexity index is 1160. The van der Waals surface area contributed by atoms with E-state index >= 15 is 0 Å². The van der Waals surface area contributed by atoms with Gasteiger partial charge in [-0.2, -0.15) is 0 Å². The zero-order valence-electron chi connectivity index (χ0n) is 13.6. The number of fused-ring (bicyclic) bond motifs is 2. The molecule has 0 aliphatic rings. The van der Waals surface area contributed by atoms with Gasteiger partial charge in [-0.3, -0.25) is 9.59 Å². The molecule has 26 heavy (non-hydrogen) atoms. The van der Waals surface area contributed by atoms with E-state index in [9.17, 15) is 14.7 Å². The summed E-state index contributed by atoms with van der Waals surface area (Å²) in [6, 6.07) is 15.7. The Kier molecular flexibility index (Phi) is 4.28. The molecule has 5 nitrogen and oxygen atoms in total. The molecule has 2 heterocycles. The molecule has 0 saturated carbocycles. The van der Waals surface area contributed by atoms with Crippen molar-refractivity contribution >= 4 is 38.3 Å². The molecule has 0 saturated heterocycles. The van der Waals surface area contributed by atoms with Crippen molar-refractivity contribution in [3.8, 4) is 0 Å². The van der Waals surface area contributed by atoms with E-state index in [-0.39, 0.29) is 17.7 Å². The van der Waals surface area contributed by atoms with Gasteiger partial charge in [-0.1, -0.05) is 30.3 Å². The molecular formula is C20H15NO4S. The lowest BCUT2D eigenvalue weighted by atomic mass is 10.1. The summed E-state index contributed by atoms with van der Waals surface area (Å²) in [4.78, 5) is 24.4. The van der Waals surface area contributed by atoms with Crippen LogP contribution in [0.5, 0.6) is 0 Å². The van der Waals surface area contributed by atoms with Crippen molar-refractivity contribution in [1.82, 2.24) is 5.32 Å². The van der Waals surface area contributed by atoms with E-state index in [0.29, 0.717) is 11.0 Å². The summed E-state index contributed by atoms with van der Waals surface area (Å²) in [5.41, 5.74) is 0.849. The number of benzene rings is 2. The van der Waals surface area contributed by atoms with Gasteiger partial charge in [0.25, 0.3) is 5.91 Å². The molecule has 130 valence electrons. The highest BCUT2D eigenvalue weighted by atomic mass is 32.1. The fourth-order valence-electron chi connectivity index (χ4n) is 2.86. The van der Waals surface area contributed by atoms with Gasteiger partial charge in [-0.15, -0.1) is 11.3 Å². The van der Waals surface area contributed by atoms with E-state index in [1.54, 1.807) is 35.6 Å². The summed E-state index contributed by atoms with van der Waals surface area (Å²) in [5.74, 6) is -0.609. The maximum Gasteiger partial charge on any atom is 0.287 e. The number of nitrogens with one attached hydrogen (secondary N) is 1. The first-order valence-corrected chi connectivity index (χ1v) is 8.97. The van der Waals surface area contributed by atoms with Crippen LogP contribution in [0.4, 0.5) is 0 Å². The van der Waals surface area contributed by atoms with Crippen molar-refractivity contribution in [1.29, 1.82) is 0 Å². The average Bonchev–Trinajstić information content (AvgIpc) is 3.10. The van der Waals surface area contributed by atoms with Crippen LogP contribution in [-0.2, 0) is 0 Å². The van der Waals surface area contributed by atoms with E-state index in [2.05, 4.69) is 5.32 Å². The zero-order chi connectivity index (χ0) is 18.1. The Labute approximate surface area is 152 Å². The van der Waals surface area contributed by atoms with E-state index in [1.165, 1.54) is 6.07 Å². The van der Waals surface area contributed by atoms with Gasteiger partial charge in [0.2, 0.25) is 0 Å². The van der Waals surface area contributed by atoms with Crippen molar-refractivity contribution in [2.45, 2.75) is 6.10 Å². The van der Waals surface area contributed by atoms with E-state index in [0.717, 1.165) is 15.6 Å². The largest absolute Gasteiger partial charge is 0.451 e. The second-order valence-electron chi connectivity index (χ2n) is 5.88. The minimum atomic E-state index is -0.845. The summed E-state index contributed by atoms with van der Waals surface area (Å²) < 4.78 is 6.58. The molecule has 4 aromatic rings. The number of amides is 1. The molecule has 0 aliphatic carbocycles. The molecule has 1 unspecified atom stereocenters. The number of carbonyl (C=O) groups is 1. The van der Waals surface area contributed by atoms with Crippen molar-refractivity contribution < 1.29 is 14.3 Å². The van der Waals surface area contributed by atoms with Gasteiger partial charge in [-0.05, 0) is 29.0 Å². The van der Waals surface area contributed by atoms with Crippen molar-refractivity contribution in [3.63, 3.8) is 0 Å². The number of rotatable bonds is 4. The van der Waals surface area contributed by atoms with Crippen LogP contribution in [0.1, 0.15) is 22.2 Å². The number of hydrogen-bond acceptors (Lipinski definition) is 5. The molecule has 0 spiro atoms. The fraction of sp³-hybridized carbons (Fsp3) is 0.100. The Hall–Kier alpha value is -2.96. The zero-order valence-corrected chi connectivity index (χ0v) is 14.5. The third-order valence-electron chi connectivity index (χ3n) is 4.18. The second-order valence-corrected chi connectivity index (χ2v) is 6.80. The van der Waals surface area contributed by atoms with Gasteiger partial charge in [0, 0.05) is 22.9 Å². The first-order chi connectivity index (χ1) is 12.6. The van der Waals surface area contributed by atoms with Crippen LogP contribution in [0.3, 0.4) is 0 Å². The molecule has 0 radical (unpaired) electrons. The Morgan fingerprint density at radius 2 is 1.85 bits per heavy atom. The quantitative estimate of drug-likeness (QED) is 0.580. The SMILES string of the molecule is O=C(NCC(O)c1csc2ccccc12)c1cc(=O)c2ccccc2o1. The highest BCUT2D eigenvalue weighted by molar-refractivity contribution is 7.17. The molecule has 6 heteroatoms. The monoisotopic (exact) mass is 365 g/mol. The van der Waals surface area contributed by atoms with Crippen molar-refractivity contribution in [2.75, 3.05) is 6.54 Å². The lowest BCUT2D eigenvalue weighted by Gasteiger charge is -2.11. The number of thiophene rings is 1. The summed E-state index contributed by atoms with van der Waals surface area (Å²) in [6.07, 6.45) is -0.845.